The van der Waals surface area contributed by atoms with Crippen LogP contribution in [0.3, 0.4) is 0 Å². The van der Waals surface area contributed by atoms with E-state index in [0.29, 0.717) is 12.2 Å². The van der Waals surface area contributed by atoms with Gasteiger partial charge in [0.2, 0.25) is 0 Å². The average molecular weight is 291 g/mol. The van der Waals surface area contributed by atoms with Gasteiger partial charge in [0.05, 0.1) is 23.0 Å². The van der Waals surface area contributed by atoms with Crippen LogP contribution in [0.2, 0.25) is 0 Å². The van der Waals surface area contributed by atoms with Crippen molar-refractivity contribution in [2.75, 3.05) is 18.5 Å². The van der Waals surface area contributed by atoms with Gasteiger partial charge in [-0.1, -0.05) is 6.92 Å². The van der Waals surface area contributed by atoms with Crippen LogP contribution in [0.1, 0.15) is 50.4 Å². The van der Waals surface area contributed by atoms with Gasteiger partial charge in [-0.05, 0) is 39.2 Å². The summed E-state index contributed by atoms with van der Waals surface area (Å²) >= 11 is 0. The lowest BCUT2D eigenvalue weighted by Crippen LogP contribution is -2.45. The molecule has 2 heterocycles. The second kappa shape index (κ2) is 6.89. The minimum absolute atomic E-state index is 0.0429. The molecule has 5 nitrogen and oxygen atoms in total. The summed E-state index contributed by atoms with van der Waals surface area (Å²) in [6, 6.07) is 1.92. The Bertz CT molecular complexity index is 488. The molecule has 1 fully saturated rings. The summed E-state index contributed by atoms with van der Waals surface area (Å²) in [5.41, 5.74) is 1.28. The first-order chi connectivity index (χ1) is 10.0. The Morgan fingerprint density at radius 1 is 1.52 bits per heavy atom. The molecule has 2 N–H and O–H groups in total. The van der Waals surface area contributed by atoms with E-state index < -0.39 is 0 Å². The van der Waals surface area contributed by atoms with Crippen LogP contribution >= 0.6 is 0 Å². The second-order valence-corrected chi connectivity index (χ2v) is 6.12. The third-order valence-corrected chi connectivity index (χ3v) is 3.66. The van der Waals surface area contributed by atoms with Crippen molar-refractivity contribution >= 4 is 11.6 Å². The summed E-state index contributed by atoms with van der Waals surface area (Å²) in [4.78, 5) is 16.6. The molecule has 1 amide bonds. The quantitative estimate of drug-likeness (QED) is 0.875. The van der Waals surface area contributed by atoms with E-state index in [2.05, 4.69) is 36.4 Å². The number of rotatable bonds is 5. The molecule has 0 aromatic carbocycles. The van der Waals surface area contributed by atoms with Gasteiger partial charge in [0.25, 0.3) is 5.91 Å². The number of amides is 1. The summed E-state index contributed by atoms with van der Waals surface area (Å²) in [7, 11) is 0. The molecule has 0 saturated carbocycles. The smallest absolute Gasteiger partial charge is 0.253 e. The van der Waals surface area contributed by atoms with Crippen LogP contribution in [0.5, 0.6) is 0 Å². The monoisotopic (exact) mass is 291 g/mol. The maximum atomic E-state index is 12.5. The number of pyridine rings is 1. The van der Waals surface area contributed by atoms with Crippen molar-refractivity contribution in [1.29, 1.82) is 0 Å². The summed E-state index contributed by atoms with van der Waals surface area (Å²) in [6.45, 7) is 7.73. The molecule has 1 saturated heterocycles. The number of hydrogen-bond donors (Lipinski definition) is 2. The van der Waals surface area contributed by atoms with Gasteiger partial charge in [-0.25, -0.2) is 0 Å². The first-order valence-electron chi connectivity index (χ1n) is 7.64. The number of anilines is 1. The standard InChI is InChI=1S/C16H25N3O2/c1-4-7-18-14-11-17-8-5-13(14)15(20)19-12-6-9-21-16(2,3)10-12/h5,8,11-12,18H,4,6-7,9-10H2,1-3H3,(H,19,20). The Morgan fingerprint density at radius 2 is 2.33 bits per heavy atom. The van der Waals surface area contributed by atoms with Crippen LogP contribution in [0.25, 0.3) is 0 Å². The number of hydrogen-bond acceptors (Lipinski definition) is 4. The predicted octanol–water partition coefficient (Wildman–Crippen LogP) is 2.59. The molecule has 1 aromatic rings. The minimum Gasteiger partial charge on any atom is -0.383 e. The van der Waals surface area contributed by atoms with Crippen LogP contribution in [-0.4, -0.2) is 35.7 Å². The molecule has 0 spiro atoms. The Labute approximate surface area is 126 Å². The summed E-state index contributed by atoms with van der Waals surface area (Å²) < 4.78 is 5.69. The fourth-order valence-corrected chi connectivity index (χ4v) is 2.61. The van der Waals surface area contributed by atoms with Crippen LogP contribution < -0.4 is 10.6 Å². The SMILES string of the molecule is CCCNc1cnccc1C(=O)NC1CCOC(C)(C)C1. The molecule has 116 valence electrons. The van der Waals surface area contributed by atoms with Crippen molar-refractivity contribution in [3.05, 3.63) is 24.0 Å². The molecule has 1 unspecified atom stereocenters. The molecule has 0 aliphatic carbocycles. The van der Waals surface area contributed by atoms with Gasteiger partial charge in [-0.2, -0.15) is 0 Å². The maximum Gasteiger partial charge on any atom is 0.253 e. The van der Waals surface area contributed by atoms with Crippen LogP contribution in [-0.2, 0) is 4.74 Å². The van der Waals surface area contributed by atoms with Gasteiger partial charge < -0.3 is 15.4 Å². The molecule has 1 atom stereocenters. The van der Waals surface area contributed by atoms with Crippen LogP contribution in [0, 0.1) is 0 Å². The highest BCUT2D eigenvalue weighted by Gasteiger charge is 2.30. The van der Waals surface area contributed by atoms with Gasteiger partial charge >= 0.3 is 0 Å². The van der Waals surface area contributed by atoms with Gasteiger partial charge in [-0.3, -0.25) is 9.78 Å². The molecule has 1 aliphatic rings. The number of nitrogens with zero attached hydrogens (tertiary/aromatic N) is 1. The highest BCUT2D eigenvalue weighted by Crippen LogP contribution is 2.24. The van der Waals surface area contributed by atoms with Gasteiger partial charge in [0.15, 0.2) is 0 Å². The molecular formula is C16H25N3O2. The van der Waals surface area contributed by atoms with E-state index >= 15 is 0 Å². The topological polar surface area (TPSA) is 63.2 Å². The minimum atomic E-state index is -0.169. The van der Waals surface area contributed by atoms with E-state index in [1.807, 2.05) is 0 Å². The van der Waals surface area contributed by atoms with E-state index in [0.717, 1.165) is 31.5 Å². The van der Waals surface area contributed by atoms with Gasteiger partial charge in [0, 0.05) is 25.4 Å². The summed E-state index contributed by atoms with van der Waals surface area (Å²) in [5, 5.41) is 6.37. The van der Waals surface area contributed by atoms with Crippen molar-refractivity contribution in [3.8, 4) is 0 Å². The Morgan fingerprint density at radius 3 is 3.05 bits per heavy atom. The third-order valence-electron chi connectivity index (χ3n) is 3.66. The van der Waals surface area contributed by atoms with E-state index in [9.17, 15) is 4.79 Å². The third kappa shape index (κ3) is 4.43. The van der Waals surface area contributed by atoms with E-state index in [-0.39, 0.29) is 17.6 Å². The van der Waals surface area contributed by atoms with Crippen LogP contribution in [0.15, 0.2) is 18.5 Å². The van der Waals surface area contributed by atoms with Crippen molar-refractivity contribution in [1.82, 2.24) is 10.3 Å². The number of carbonyl (C=O) groups excluding carboxylic acids is 1. The zero-order valence-corrected chi connectivity index (χ0v) is 13.1. The van der Waals surface area contributed by atoms with Crippen molar-refractivity contribution < 1.29 is 9.53 Å². The largest absolute Gasteiger partial charge is 0.383 e. The summed E-state index contributed by atoms with van der Waals surface area (Å²) in [5.74, 6) is -0.0429. The Balaban J connectivity index is 2.03. The van der Waals surface area contributed by atoms with Gasteiger partial charge in [0.1, 0.15) is 0 Å². The fourth-order valence-electron chi connectivity index (χ4n) is 2.61. The van der Waals surface area contributed by atoms with E-state index in [1.165, 1.54) is 0 Å². The molecule has 2 rings (SSSR count). The summed E-state index contributed by atoms with van der Waals surface area (Å²) in [6.07, 6.45) is 6.06. The number of carbonyl (C=O) groups is 1. The van der Waals surface area contributed by atoms with Crippen LogP contribution in [0.4, 0.5) is 5.69 Å². The first kappa shape index (κ1) is 15.8. The fraction of sp³-hybridized carbons (Fsp3) is 0.625. The van der Waals surface area contributed by atoms with E-state index in [1.54, 1.807) is 18.5 Å². The zero-order chi connectivity index (χ0) is 15.3. The normalized spacial score (nSPS) is 20.8. The molecule has 0 radical (unpaired) electrons. The van der Waals surface area contributed by atoms with Crippen molar-refractivity contribution in [2.45, 2.75) is 51.7 Å². The Kier molecular flexibility index (Phi) is 5.17. The number of aromatic nitrogens is 1. The van der Waals surface area contributed by atoms with Gasteiger partial charge in [-0.15, -0.1) is 0 Å². The predicted molar refractivity (Wildman–Crippen MR) is 83.5 cm³/mol. The highest BCUT2D eigenvalue weighted by molar-refractivity contribution is 5.99. The second-order valence-electron chi connectivity index (χ2n) is 6.12. The molecule has 5 heteroatoms. The molecular weight excluding hydrogens is 266 g/mol. The highest BCUT2D eigenvalue weighted by atomic mass is 16.5. The van der Waals surface area contributed by atoms with Crippen molar-refractivity contribution in [2.24, 2.45) is 0 Å². The molecule has 21 heavy (non-hydrogen) atoms. The lowest BCUT2D eigenvalue weighted by molar-refractivity contribution is -0.0615. The zero-order valence-electron chi connectivity index (χ0n) is 13.1. The molecule has 1 aliphatic heterocycles. The number of nitrogens with one attached hydrogen (secondary N) is 2. The Hall–Kier alpha value is -1.62. The maximum absolute atomic E-state index is 12.5. The first-order valence-corrected chi connectivity index (χ1v) is 7.64. The number of ether oxygens (including phenoxy) is 1. The lowest BCUT2D eigenvalue weighted by Gasteiger charge is -2.35. The average Bonchev–Trinajstić information content (AvgIpc) is 2.44. The molecule has 1 aromatic heterocycles. The van der Waals surface area contributed by atoms with E-state index in [4.69, 9.17) is 4.74 Å². The van der Waals surface area contributed by atoms with Crippen molar-refractivity contribution in [3.63, 3.8) is 0 Å². The molecule has 0 bridgehead atoms. The lowest BCUT2D eigenvalue weighted by atomic mass is 9.93.